The lowest BCUT2D eigenvalue weighted by molar-refractivity contribution is 0.450. The minimum atomic E-state index is -0.538. The first-order chi connectivity index (χ1) is 7.51. The molecule has 1 heterocycles. The summed E-state index contributed by atoms with van der Waals surface area (Å²) in [5.74, 6) is 0.645. The van der Waals surface area contributed by atoms with Crippen LogP contribution >= 0.6 is 40.1 Å². The van der Waals surface area contributed by atoms with Crippen molar-refractivity contribution in [1.29, 1.82) is 0 Å². The quantitative estimate of drug-likeness (QED) is 0.847. The van der Waals surface area contributed by atoms with Gasteiger partial charge in [-0.3, -0.25) is 4.99 Å². The topological polar surface area (TPSA) is 38.4 Å². The second-order valence-electron chi connectivity index (χ2n) is 3.95. The van der Waals surface area contributed by atoms with Gasteiger partial charge in [-0.05, 0) is 31.5 Å². The summed E-state index contributed by atoms with van der Waals surface area (Å²) in [5, 5.41) is 0.535. The van der Waals surface area contributed by atoms with Crippen LogP contribution in [0.5, 0.6) is 0 Å². The van der Waals surface area contributed by atoms with Crippen molar-refractivity contribution in [2.24, 2.45) is 10.7 Å². The van der Waals surface area contributed by atoms with Gasteiger partial charge in [0.1, 0.15) is 5.82 Å². The molecule has 2 nitrogen and oxygen atoms in total. The van der Waals surface area contributed by atoms with Crippen LogP contribution in [0.1, 0.15) is 18.9 Å². The van der Waals surface area contributed by atoms with Gasteiger partial charge in [-0.2, -0.15) is 0 Å². The van der Waals surface area contributed by atoms with Crippen molar-refractivity contribution in [3.8, 4) is 0 Å². The smallest absolute Gasteiger partial charge is 0.154 e. The molecule has 0 aromatic heterocycles. The Balaban J connectivity index is 0.00000144. The zero-order chi connectivity index (χ0) is 11.8. The molecule has 0 radical (unpaired) electrons. The fourth-order valence-corrected chi connectivity index (χ4v) is 3.13. The Kier molecular flexibility index (Phi) is 4.86. The molecule has 1 unspecified atom stereocenters. The Morgan fingerprint density at radius 2 is 2.24 bits per heavy atom. The molecule has 2 rings (SSSR count). The molecule has 1 aliphatic heterocycles. The van der Waals surface area contributed by atoms with Gasteiger partial charge in [0.25, 0.3) is 0 Å². The van der Waals surface area contributed by atoms with Crippen LogP contribution in [0.15, 0.2) is 27.7 Å². The molecule has 0 saturated heterocycles. The van der Waals surface area contributed by atoms with Crippen LogP contribution in [0, 0.1) is 5.82 Å². The minimum absolute atomic E-state index is 0. The Morgan fingerprint density at radius 3 is 2.88 bits per heavy atom. The standard InChI is InChI=1S/C11H12BrFN2S.ClH/c1-11(4-5-16-10(14)15-11)8-6-7(12)2-3-9(8)13;/h2-3,6H,4-5H2,1H3,(H2,14,15);1H. The molecule has 2 N–H and O–H groups in total. The SMILES string of the molecule is CC1(c2cc(Br)ccc2F)CCSC(N)=N1.Cl. The fraction of sp³-hybridized carbons (Fsp3) is 0.364. The van der Waals surface area contributed by atoms with Crippen LogP contribution in [-0.4, -0.2) is 10.9 Å². The first-order valence-corrected chi connectivity index (χ1v) is 6.73. The van der Waals surface area contributed by atoms with Gasteiger partial charge in [-0.1, -0.05) is 27.7 Å². The number of benzene rings is 1. The second kappa shape index (κ2) is 5.59. The monoisotopic (exact) mass is 338 g/mol. The zero-order valence-electron chi connectivity index (χ0n) is 9.24. The maximum atomic E-state index is 13.8. The Bertz CT molecular complexity index is 455. The number of hydrogen-bond acceptors (Lipinski definition) is 3. The number of rotatable bonds is 1. The van der Waals surface area contributed by atoms with Crippen LogP contribution in [-0.2, 0) is 5.54 Å². The number of nitrogens with zero attached hydrogens (tertiary/aromatic N) is 1. The zero-order valence-corrected chi connectivity index (χ0v) is 12.5. The van der Waals surface area contributed by atoms with Crippen molar-refractivity contribution >= 4 is 45.3 Å². The van der Waals surface area contributed by atoms with Gasteiger partial charge in [-0.25, -0.2) is 4.39 Å². The van der Waals surface area contributed by atoms with Crippen LogP contribution in [0.4, 0.5) is 4.39 Å². The Labute approximate surface area is 119 Å². The van der Waals surface area contributed by atoms with Crippen molar-refractivity contribution in [2.75, 3.05) is 5.75 Å². The maximum absolute atomic E-state index is 13.8. The molecule has 6 heteroatoms. The van der Waals surface area contributed by atoms with Gasteiger partial charge >= 0.3 is 0 Å². The molecule has 0 aliphatic carbocycles. The predicted octanol–water partition coefficient (Wildman–Crippen LogP) is 3.68. The summed E-state index contributed by atoms with van der Waals surface area (Å²) in [6, 6.07) is 4.92. The predicted molar refractivity (Wildman–Crippen MR) is 77.4 cm³/mol. The summed E-state index contributed by atoms with van der Waals surface area (Å²) < 4.78 is 14.6. The van der Waals surface area contributed by atoms with Crippen LogP contribution < -0.4 is 5.73 Å². The lowest BCUT2D eigenvalue weighted by atomic mass is 9.89. The highest BCUT2D eigenvalue weighted by Crippen LogP contribution is 2.37. The number of thioether (sulfide) groups is 1. The molecule has 0 amide bonds. The highest BCUT2D eigenvalue weighted by atomic mass is 79.9. The summed E-state index contributed by atoms with van der Waals surface area (Å²) >= 11 is 4.87. The van der Waals surface area contributed by atoms with Crippen molar-refractivity contribution in [3.63, 3.8) is 0 Å². The van der Waals surface area contributed by atoms with Gasteiger partial charge in [0, 0.05) is 15.8 Å². The van der Waals surface area contributed by atoms with Crippen molar-refractivity contribution in [3.05, 3.63) is 34.1 Å². The first kappa shape index (κ1) is 14.8. The third-order valence-electron chi connectivity index (χ3n) is 2.70. The largest absolute Gasteiger partial charge is 0.379 e. The number of aliphatic imine (C=N–C) groups is 1. The van der Waals surface area contributed by atoms with Crippen molar-refractivity contribution in [1.82, 2.24) is 0 Å². The maximum Gasteiger partial charge on any atom is 0.154 e. The van der Waals surface area contributed by atoms with E-state index in [1.807, 2.05) is 6.92 Å². The van der Waals surface area contributed by atoms with Gasteiger partial charge in [0.05, 0.1) is 5.54 Å². The van der Waals surface area contributed by atoms with E-state index in [1.165, 1.54) is 17.8 Å². The molecule has 0 fully saturated rings. The lowest BCUT2D eigenvalue weighted by Gasteiger charge is -2.30. The summed E-state index contributed by atoms with van der Waals surface area (Å²) in [5.41, 5.74) is 5.78. The van der Waals surface area contributed by atoms with Crippen LogP contribution in [0.2, 0.25) is 0 Å². The summed E-state index contributed by atoms with van der Waals surface area (Å²) in [4.78, 5) is 4.38. The molecular formula is C11H13BrClFN2S. The molecule has 0 bridgehead atoms. The third kappa shape index (κ3) is 3.14. The molecule has 0 spiro atoms. The van der Waals surface area contributed by atoms with E-state index in [-0.39, 0.29) is 18.2 Å². The van der Waals surface area contributed by atoms with Crippen LogP contribution in [0.3, 0.4) is 0 Å². The number of halogens is 3. The van der Waals surface area contributed by atoms with E-state index in [0.29, 0.717) is 10.7 Å². The molecule has 1 atom stereocenters. The highest BCUT2D eigenvalue weighted by molar-refractivity contribution is 9.10. The average Bonchev–Trinajstić information content (AvgIpc) is 2.21. The van der Waals surface area contributed by atoms with E-state index in [0.717, 1.165) is 16.6 Å². The normalized spacial score (nSPS) is 23.8. The first-order valence-electron chi connectivity index (χ1n) is 4.95. The second-order valence-corrected chi connectivity index (χ2v) is 5.98. The Hall–Kier alpha value is -0.260. The molecule has 0 saturated carbocycles. The van der Waals surface area contributed by atoms with E-state index in [9.17, 15) is 4.39 Å². The molecule has 94 valence electrons. The minimum Gasteiger partial charge on any atom is -0.379 e. The van der Waals surface area contributed by atoms with Gasteiger partial charge in [-0.15, -0.1) is 12.4 Å². The lowest BCUT2D eigenvalue weighted by Crippen LogP contribution is -2.29. The molecule has 1 aromatic carbocycles. The average molecular weight is 340 g/mol. The number of hydrogen-bond donors (Lipinski definition) is 1. The molecule has 1 aromatic rings. The summed E-state index contributed by atoms with van der Waals surface area (Å²) in [6.45, 7) is 1.92. The summed E-state index contributed by atoms with van der Waals surface area (Å²) in [6.07, 6.45) is 0.797. The fourth-order valence-electron chi connectivity index (χ4n) is 1.79. The van der Waals surface area contributed by atoms with Gasteiger partial charge in [0.15, 0.2) is 5.17 Å². The van der Waals surface area contributed by atoms with Crippen molar-refractivity contribution < 1.29 is 4.39 Å². The van der Waals surface area contributed by atoms with Crippen LogP contribution in [0.25, 0.3) is 0 Å². The van der Waals surface area contributed by atoms with Gasteiger partial charge < -0.3 is 5.73 Å². The van der Waals surface area contributed by atoms with E-state index in [1.54, 1.807) is 12.1 Å². The number of amidine groups is 1. The van der Waals surface area contributed by atoms with E-state index in [4.69, 9.17) is 5.73 Å². The summed E-state index contributed by atoms with van der Waals surface area (Å²) in [7, 11) is 0. The van der Waals surface area contributed by atoms with E-state index in [2.05, 4.69) is 20.9 Å². The highest BCUT2D eigenvalue weighted by Gasteiger charge is 2.32. The third-order valence-corrected chi connectivity index (χ3v) is 3.99. The molecule has 1 aliphatic rings. The van der Waals surface area contributed by atoms with E-state index >= 15 is 0 Å². The van der Waals surface area contributed by atoms with E-state index < -0.39 is 5.54 Å². The molecule has 17 heavy (non-hydrogen) atoms. The van der Waals surface area contributed by atoms with Crippen molar-refractivity contribution in [2.45, 2.75) is 18.9 Å². The number of nitrogens with two attached hydrogens (primary N) is 1. The Morgan fingerprint density at radius 1 is 1.53 bits per heavy atom. The van der Waals surface area contributed by atoms with Gasteiger partial charge in [0.2, 0.25) is 0 Å². The molecular weight excluding hydrogens is 327 g/mol.